The van der Waals surface area contributed by atoms with Crippen molar-refractivity contribution in [3.8, 4) is 0 Å². The molecule has 0 saturated heterocycles. The van der Waals surface area contributed by atoms with Crippen LogP contribution in [0.3, 0.4) is 0 Å². The van der Waals surface area contributed by atoms with E-state index in [0.29, 0.717) is 22.0 Å². The van der Waals surface area contributed by atoms with Crippen LogP contribution in [-0.2, 0) is 0 Å². The van der Waals surface area contributed by atoms with Gasteiger partial charge in [0.2, 0.25) is 0 Å². The van der Waals surface area contributed by atoms with E-state index >= 15 is 0 Å². The van der Waals surface area contributed by atoms with Gasteiger partial charge in [-0.1, -0.05) is 40.5 Å². The molecule has 17 heavy (non-hydrogen) atoms. The maximum atomic E-state index is 11.8. The molecule has 0 aromatic heterocycles. The van der Waals surface area contributed by atoms with Crippen molar-refractivity contribution in [2.45, 2.75) is 24.6 Å². The van der Waals surface area contributed by atoms with Crippen molar-refractivity contribution < 1.29 is 4.79 Å². The van der Waals surface area contributed by atoms with Crippen molar-refractivity contribution in [3.05, 3.63) is 33.3 Å². The summed E-state index contributed by atoms with van der Waals surface area (Å²) in [4.78, 5) is 12.3. The summed E-state index contributed by atoms with van der Waals surface area (Å²) in [5, 5.41) is 3.31. The third-order valence-corrected chi connectivity index (χ3v) is 4.01. The molecular formula is C12H14Br2ClNO. The maximum Gasteiger partial charge on any atom is 0.252 e. The number of carbonyl (C=O) groups is 1. The third kappa shape index (κ3) is 4.98. The highest BCUT2D eigenvalue weighted by molar-refractivity contribution is 9.10. The molecule has 1 amide bonds. The fraction of sp³-hybridized carbons (Fsp3) is 0.417. The van der Waals surface area contributed by atoms with Gasteiger partial charge in [-0.2, -0.15) is 0 Å². The summed E-state index contributed by atoms with van der Waals surface area (Å²) in [7, 11) is 0. The quantitative estimate of drug-likeness (QED) is 0.593. The average Bonchev–Trinajstić information content (AvgIpc) is 2.27. The fourth-order valence-corrected chi connectivity index (χ4v) is 2.26. The Kier molecular flexibility index (Phi) is 6.52. The standard InChI is InChI=1S/C12H14Br2ClNO/c1-8(13)4-3-7-16-12(17)9-5-2-6-10(14)11(9)15/h2,5-6,8H,3-4,7H2,1H3,(H,16,17). The van der Waals surface area contributed by atoms with Crippen molar-refractivity contribution in [2.75, 3.05) is 6.54 Å². The highest BCUT2D eigenvalue weighted by Gasteiger charge is 2.11. The van der Waals surface area contributed by atoms with Gasteiger partial charge in [-0.15, -0.1) is 0 Å². The predicted octanol–water partition coefficient (Wildman–Crippen LogP) is 4.40. The molecule has 0 bridgehead atoms. The Bertz CT molecular complexity index is 396. The molecule has 0 aliphatic heterocycles. The second-order valence-electron chi connectivity index (χ2n) is 3.78. The Morgan fingerprint density at radius 1 is 1.53 bits per heavy atom. The summed E-state index contributed by atoms with van der Waals surface area (Å²) in [6.07, 6.45) is 1.98. The van der Waals surface area contributed by atoms with Gasteiger partial charge in [0.1, 0.15) is 0 Å². The number of halogens is 3. The molecule has 0 aliphatic rings. The zero-order valence-corrected chi connectivity index (χ0v) is 13.4. The first-order chi connectivity index (χ1) is 8.02. The Labute approximate surface area is 123 Å². The molecule has 1 aromatic carbocycles. The molecular weight excluding hydrogens is 369 g/mol. The van der Waals surface area contributed by atoms with Crippen LogP contribution < -0.4 is 5.32 Å². The van der Waals surface area contributed by atoms with Crippen molar-refractivity contribution in [2.24, 2.45) is 0 Å². The Morgan fingerprint density at radius 2 is 2.24 bits per heavy atom. The van der Waals surface area contributed by atoms with Gasteiger partial charge < -0.3 is 5.32 Å². The molecule has 1 unspecified atom stereocenters. The number of alkyl halides is 1. The first-order valence-corrected chi connectivity index (χ1v) is 7.47. The minimum atomic E-state index is -0.126. The zero-order chi connectivity index (χ0) is 12.8. The molecule has 94 valence electrons. The highest BCUT2D eigenvalue weighted by atomic mass is 79.9. The van der Waals surface area contributed by atoms with Gasteiger partial charge in [0.25, 0.3) is 5.91 Å². The van der Waals surface area contributed by atoms with Crippen molar-refractivity contribution in [3.63, 3.8) is 0 Å². The fourth-order valence-electron chi connectivity index (χ4n) is 1.36. The lowest BCUT2D eigenvalue weighted by atomic mass is 10.2. The Balaban J connectivity index is 2.50. The third-order valence-electron chi connectivity index (χ3n) is 2.26. The monoisotopic (exact) mass is 381 g/mol. The van der Waals surface area contributed by atoms with Gasteiger partial charge in [-0.05, 0) is 40.9 Å². The average molecular weight is 384 g/mol. The van der Waals surface area contributed by atoms with Gasteiger partial charge in [0.05, 0.1) is 10.6 Å². The largest absolute Gasteiger partial charge is 0.352 e. The van der Waals surface area contributed by atoms with Gasteiger partial charge in [-0.25, -0.2) is 0 Å². The molecule has 0 saturated carbocycles. The lowest BCUT2D eigenvalue weighted by molar-refractivity contribution is 0.0953. The van der Waals surface area contributed by atoms with E-state index in [0.717, 1.165) is 17.3 Å². The first kappa shape index (κ1) is 15.0. The molecule has 0 spiro atoms. The van der Waals surface area contributed by atoms with E-state index in [9.17, 15) is 4.79 Å². The van der Waals surface area contributed by atoms with E-state index in [1.807, 2.05) is 6.07 Å². The lowest BCUT2D eigenvalue weighted by Gasteiger charge is -2.08. The SMILES string of the molecule is CC(Br)CCCNC(=O)c1cccc(Br)c1Cl. The number of benzene rings is 1. The number of hydrogen-bond donors (Lipinski definition) is 1. The molecule has 1 aromatic rings. The van der Waals surface area contributed by atoms with Crippen LogP contribution in [0, 0.1) is 0 Å². The minimum absolute atomic E-state index is 0.126. The number of rotatable bonds is 5. The molecule has 1 atom stereocenters. The van der Waals surface area contributed by atoms with Crippen LogP contribution in [0.5, 0.6) is 0 Å². The predicted molar refractivity (Wildman–Crippen MR) is 79.1 cm³/mol. The molecule has 1 rings (SSSR count). The van der Waals surface area contributed by atoms with Crippen LogP contribution in [0.25, 0.3) is 0 Å². The maximum absolute atomic E-state index is 11.8. The van der Waals surface area contributed by atoms with Crippen molar-refractivity contribution in [1.82, 2.24) is 5.32 Å². The summed E-state index contributed by atoms with van der Waals surface area (Å²) < 4.78 is 0.737. The second-order valence-corrected chi connectivity index (χ2v) is 6.58. The minimum Gasteiger partial charge on any atom is -0.352 e. The number of nitrogens with one attached hydrogen (secondary N) is 1. The Hall–Kier alpha value is -0.0600. The van der Waals surface area contributed by atoms with E-state index in [4.69, 9.17) is 11.6 Å². The summed E-state index contributed by atoms with van der Waals surface area (Å²) >= 11 is 12.8. The molecule has 5 heteroatoms. The van der Waals surface area contributed by atoms with Gasteiger partial charge in [0, 0.05) is 15.8 Å². The summed E-state index contributed by atoms with van der Waals surface area (Å²) in [5.74, 6) is -0.126. The number of hydrogen-bond acceptors (Lipinski definition) is 1. The highest BCUT2D eigenvalue weighted by Crippen LogP contribution is 2.25. The van der Waals surface area contributed by atoms with E-state index in [1.165, 1.54) is 0 Å². The van der Waals surface area contributed by atoms with Crippen LogP contribution in [0.15, 0.2) is 22.7 Å². The molecule has 2 nitrogen and oxygen atoms in total. The summed E-state index contributed by atoms with van der Waals surface area (Å²) in [6, 6.07) is 5.33. The van der Waals surface area contributed by atoms with Gasteiger partial charge >= 0.3 is 0 Å². The Morgan fingerprint density at radius 3 is 2.88 bits per heavy atom. The molecule has 0 radical (unpaired) electrons. The van der Waals surface area contributed by atoms with Gasteiger partial charge in [0.15, 0.2) is 0 Å². The van der Waals surface area contributed by atoms with Crippen LogP contribution in [0.4, 0.5) is 0 Å². The van der Waals surface area contributed by atoms with Crippen molar-refractivity contribution >= 4 is 49.4 Å². The van der Waals surface area contributed by atoms with Crippen LogP contribution in [0.1, 0.15) is 30.1 Å². The van der Waals surface area contributed by atoms with Crippen LogP contribution in [0.2, 0.25) is 5.02 Å². The molecule has 0 aliphatic carbocycles. The van der Waals surface area contributed by atoms with E-state index in [-0.39, 0.29) is 5.91 Å². The van der Waals surface area contributed by atoms with E-state index in [1.54, 1.807) is 12.1 Å². The number of amides is 1. The summed E-state index contributed by atoms with van der Waals surface area (Å²) in [6.45, 7) is 2.75. The van der Waals surface area contributed by atoms with Crippen LogP contribution in [-0.4, -0.2) is 17.3 Å². The first-order valence-electron chi connectivity index (χ1n) is 5.38. The second kappa shape index (κ2) is 7.39. The van der Waals surface area contributed by atoms with Crippen LogP contribution >= 0.6 is 43.5 Å². The smallest absolute Gasteiger partial charge is 0.252 e. The summed E-state index contributed by atoms with van der Waals surface area (Å²) in [5.41, 5.74) is 0.507. The van der Waals surface area contributed by atoms with E-state index in [2.05, 4.69) is 44.1 Å². The van der Waals surface area contributed by atoms with E-state index < -0.39 is 0 Å². The topological polar surface area (TPSA) is 29.1 Å². The zero-order valence-electron chi connectivity index (χ0n) is 9.47. The molecule has 0 fully saturated rings. The number of carbonyl (C=O) groups excluding carboxylic acids is 1. The molecule has 0 heterocycles. The lowest BCUT2D eigenvalue weighted by Crippen LogP contribution is -2.25. The van der Waals surface area contributed by atoms with Gasteiger partial charge in [-0.3, -0.25) is 4.79 Å². The molecule has 1 N–H and O–H groups in total. The normalized spacial score (nSPS) is 12.2. The van der Waals surface area contributed by atoms with Crippen molar-refractivity contribution in [1.29, 1.82) is 0 Å².